The first-order valence-electron chi connectivity index (χ1n) is 5.79. The van der Waals surface area contributed by atoms with Gasteiger partial charge < -0.3 is 14.8 Å². The van der Waals surface area contributed by atoms with Crippen molar-refractivity contribution in [2.75, 3.05) is 20.8 Å². The van der Waals surface area contributed by atoms with Crippen LogP contribution in [-0.2, 0) is 6.42 Å². The molecule has 1 aromatic rings. The SMILES string of the molecule is CCCNC(Cl)Cc1ccc(OC)c(OC)c1. The van der Waals surface area contributed by atoms with Gasteiger partial charge in [-0.05, 0) is 30.7 Å². The first-order valence-corrected chi connectivity index (χ1v) is 6.23. The minimum absolute atomic E-state index is 0.0481. The largest absolute Gasteiger partial charge is 0.493 e. The van der Waals surface area contributed by atoms with Gasteiger partial charge in [0.2, 0.25) is 0 Å². The van der Waals surface area contributed by atoms with E-state index in [1.807, 2.05) is 18.2 Å². The van der Waals surface area contributed by atoms with E-state index in [9.17, 15) is 0 Å². The average molecular weight is 258 g/mol. The highest BCUT2D eigenvalue weighted by atomic mass is 35.5. The van der Waals surface area contributed by atoms with Crippen LogP contribution in [0.2, 0.25) is 0 Å². The molecule has 4 heteroatoms. The molecule has 0 heterocycles. The van der Waals surface area contributed by atoms with Crippen molar-refractivity contribution >= 4 is 11.6 Å². The van der Waals surface area contributed by atoms with Gasteiger partial charge in [0.25, 0.3) is 0 Å². The van der Waals surface area contributed by atoms with E-state index in [0.29, 0.717) is 0 Å². The number of alkyl halides is 1. The molecule has 1 unspecified atom stereocenters. The van der Waals surface area contributed by atoms with Gasteiger partial charge in [0.1, 0.15) is 0 Å². The lowest BCUT2D eigenvalue weighted by Gasteiger charge is -2.13. The molecule has 1 aromatic carbocycles. The van der Waals surface area contributed by atoms with Crippen molar-refractivity contribution in [2.45, 2.75) is 25.3 Å². The molecule has 0 fully saturated rings. The Balaban J connectivity index is 2.65. The Morgan fingerprint density at radius 1 is 1.24 bits per heavy atom. The summed E-state index contributed by atoms with van der Waals surface area (Å²) in [7, 11) is 3.26. The first kappa shape index (κ1) is 14.1. The summed E-state index contributed by atoms with van der Waals surface area (Å²) in [6.07, 6.45) is 1.84. The summed E-state index contributed by atoms with van der Waals surface area (Å²) in [5, 5.41) is 3.24. The van der Waals surface area contributed by atoms with E-state index in [1.54, 1.807) is 14.2 Å². The summed E-state index contributed by atoms with van der Waals surface area (Å²) >= 11 is 6.18. The van der Waals surface area contributed by atoms with Crippen LogP contribution in [0.1, 0.15) is 18.9 Å². The Morgan fingerprint density at radius 2 is 1.94 bits per heavy atom. The van der Waals surface area contributed by atoms with E-state index in [4.69, 9.17) is 21.1 Å². The quantitative estimate of drug-likeness (QED) is 0.602. The van der Waals surface area contributed by atoms with E-state index < -0.39 is 0 Å². The maximum Gasteiger partial charge on any atom is 0.160 e. The van der Waals surface area contributed by atoms with Crippen molar-refractivity contribution in [2.24, 2.45) is 0 Å². The van der Waals surface area contributed by atoms with Crippen molar-refractivity contribution in [1.29, 1.82) is 0 Å². The molecule has 0 bridgehead atoms. The molecule has 96 valence electrons. The van der Waals surface area contributed by atoms with Crippen LogP contribution < -0.4 is 14.8 Å². The fraction of sp³-hybridized carbons (Fsp3) is 0.538. The molecule has 17 heavy (non-hydrogen) atoms. The van der Waals surface area contributed by atoms with E-state index >= 15 is 0 Å². The van der Waals surface area contributed by atoms with Crippen LogP contribution in [0.5, 0.6) is 11.5 Å². The smallest absolute Gasteiger partial charge is 0.160 e. The lowest BCUT2D eigenvalue weighted by Crippen LogP contribution is -2.26. The Kier molecular flexibility index (Phi) is 6.16. The Morgan fingerprint density at radius 3 is 2.53 bits per heavy atom. The third kappa shape index (κ3) is 4.44. The maximum atomic E-state index is 6.18. The van der Waals surface area contributed by atoms with Crippen molar-refractivity contribution < 1.29 is 9.47 Å². The standard InChI is InChI=1S/C13H20ClNO2/c1-4-7-15-13(14)9-10-5-6-11(16-2)12(8-10)17-3/h5-6,8,13,15H,4,7,9H2,1-3H3. The highest BCUT2D eigenvalue weighted by molar-refractivity contribution is 6.20. The molecule has 0 amide bonds. The fourth-order valence-electron chi connectivity index (χ4n) is 1.59. The summed E-state index contributed by atoms with van der Waals surface area (Å²) in [4.78, 5) is 0. The highest BCUT2D eigenvalue weighted by Gasteiger charge is 2.08. The minimum Gasteiger partial charge on any atom is -0.493 e. The van der Waals surface area contributed by atoms with Crippen LogP contribution in [0.4, 0.5) is 0 Å². The molecule has 0 radical (unpaired) electrons. The number of hydrogen-bond donors (Lipinski definition) is 1. The van der Waals surface area contributed by atoms with Crippen LogP contribution in [0.3, 0.4) is 0 Å². The number of nitrogens with one attached hydrogen (secondary N) is 1. The summed E-state index contributed by atoms with van der Waals surface area (Å²) in [6.45, 7) is 3.05. The third-order valence-corrected chi connectivity index (χ3v) is 2.79. The van der Waals surface area contributed by atoms with Gasteiger partial charge >= 0.3 is 0 Å². The lowest BCUT2D eigenvalue weighted by atomic mass is 10.1. The number of halogens is 1. The lowest BCUT2D eigenvalue weighted by molar-refractivity contribution is 0.354. The van der Waals surface area contributed by atoms with Crippen molar-refractivity contribution in [3.63, 3.8) is 0 Å². The van der Waals surface area contributed by atoms with Gasteiger partial charge in [0.15, 0.2) is 11.5 Å². The van der Waals surface area contributed by atoms with Crippen molar-refractivity contribution in [3.8, 4) is 11.5 Å². The summed E-state index contributed by atoms with van der Waals surface area (Å²) in [6, 6.07) is 5.86. The predicted octanol–water partition coefficient (Wildman–Crippen LogP) is 2.81. The Hall–Kier alpha value is -0.930. The number of ether oxygens (including phenoxy) is 2. The molecule has 1 rings (SSSR count). The molecule has 0 saturated carbocycles. The molecule has 0 aliphatic rings. The third-order valence-electron chi connectivity index (χ3n) is 2.48. The van der Waals surface area contributed by atoms with Gasteiger partial charge in [0, 0.05) is 6.42 Å². The molecule has 3 nitrogen and oxygen atoms in total. The molecule has 0 aromatic heterocycles. The van der Waals surface area contributed by atoms with E-state index in [1.165, 1.54) is 0 Å². The Labute approximate surface area is 108 Å². The second kappa shape index (κ2) is 7.41. The molecule has 0 spiro atoms. The number of hydrogen-bond acceptors (Lipinski definition) is 3. The zero-order valence-corrected chi connectivity index (χ0v) is 11.4. The monoisotopic (exact) mass is 257 g/mol. The van der Waals surface area contributed by atoms with E-state index in [0.717, 1.165) is 36.4 Å². The number of rotatable bonds is 7. The van der Waals surface area contributed by atoms with Crippen molar-refractivity contribution in [1.82, 2.24) is 5.32 Å². The number of benzene rings is 1. The van der Waals surface area contributed by atoms with Gasteiger partial charge in [0.05, 0.1) is 19.7 Å². The van der Waals surface area contributed by atoms with Gasteiger partial charge in [-0.15, -0.1) is 11.6 Å². The second-order valence-corrected chi connectivity index (χ2v) is 4.34. The average Bonchev–Trinajstić information content (AvgIpc) is 2.36. The molecule has 0 aliphatic carbocycles. The van der Waals surface area contributed by atoms with Crippen LogP contribution in [0, 0.1) is 0 Å². The molecular weight excluding hydrogens is 238 g/mol. The van der Waals surface area contributed by atoms with Gasteiger partial charge in [-0.25, -0.2) is 0 Å². The second-order valence-electron chi connectivity index (χ2n) is 3.82. The van der Waals surface area contributed by atoms with E-state index in [2.05, 4.69) is 12.2 Å². The summed E-state index contributed by atoms with van der Waals surface area (Å²) in [5.41, 5.74) is 1.08. The molecule has 0 aliphatic heterocycles. The van der Waals surface area contributed by atoms with Gasteiger partial charge in [-0.1, -0.05) is 13.0 Å². The van der Waals surface area contributed by atoms with Crippen LogP contribution in [0.15, 0.2) is 18.2 Å². The van der Waals surface area contributed by atoms with E-state index in [-0.39, 0.29) is 5.50 Å². The summed E-state index contributed by atoms with van der Waals surface area (Å²) < 4.78 is 10.4. The fourth-order valence-corrected chi connectivity index (χ4v) is 1.87. The predicted molar refractivity (Wildman–Crippen MR) is 71.2 cm³/mol. The zero-order valence-electron chi connectivity index (χ0n) is 10.6. The minimum atomic E-state index is -0.0481. The van der Waals surface area contributed by atoms with Gasteiger partial charge in [-0.2, -0.15) is 0 Å². The molecule has 1 N–H and O–H groups in total. The van der Waals surface area contributed by atoms with Crippen LogP contribution >= 0.6 is 11.6 Å². The molecule has 0 saturated heterocycles. The van der Waals surface area contributed by atoms with Crippen LogP contribution in [0.25, 0.3) is 0 Å². The highest BCUT2D eigenvalue weighted by Crippen LogP contribution is 2.28. The molecular formula is C13H20ClNO2. The maximum absolute atomic E-state index is 6.18. The normalized spacial score (nSPS) is 12.2. The topological polar surface area (TPSA) is 30.5 Å². The Bertz CT molecular complexity index is 344. The van der Waals surface area contributed by atoms with Crippen LogP contribution in [-0.4, -0.2) is 26.3 Å². The molecule has 1 atom stereocenters. The van der Waals surface area contributed by atoms with Gasteiger partial charge in [-0.3, -0.25) is 0 Å². The van der Waals surface area contributed by atoms with Crippen molar-refractivity contribution in [3.05, 3.63) is 23.8 Å². The first-order chi connectivity index (χ1) is 8.21. The zero-order chi connectivity index (χ0) is 12.7. The summed E-state index contributed by atoms with van der Waals surface area (Å²) in [5.74, 6) is 1.48. The number of methoxy groups -OCH3 is 2.